The number of allylic oxidation sites excluding steroid dienone is 2. The number of carbonyl (C=O) groups excluding carboxylic acids is 3. The first kappa shape index (κ1) is 20.6. The molecule has 0 bridgehead atoms. The van der Waals surface area contributed by atoms with E-state index in [-0.39, 0.29) is 29.3 Å². The number of esters is 2. The van der Waals surface area contributed by atoms with Gasteiger partial charge in [-0.1, -0.05) is 26.0 Å². The summed E-state index contributed by atoms with van der Waals surface area (Å²) in [5.41, 5.74) is 7.34. The standard InChI is InChI=1S/C22H25NO6/c1-5-28-20(25)13-8-6-12(7-9-13)16-17-14(24)10-22(2,3)11-15(17)29-19(23)18(16)21(26)27-4/h6-9,16H,5,10-11,23H2,1-4H3/t16-/m1/s1. The molecule has 0 saturated carbocycles. The molecule has 0 aromatic heterocycles. The Labute approximate surface area is 169 Å². The highest BCUT2D eigenvalue weighted by Crippen LogP contribution is 2.48. The summed E-state index contributed by atoms with van der Waals surface area (Å²) in [5, 5.41) is 0. The van der Waals surface area contributed by atoms with Gasteiger partial charge in [0.25, 0.3) is 0 Å². The van der Waals surface area contributed by atoms with Crippen molar-refractivity contribution < 1.29 is 28.6 Å². The molecule has 0 unspecified atom stereocenters. The van der Waals surface area contributed by atoms with Gasteiger partial charge in [0.05, 0.1) is 25.2 Å². The fourth-order valence-electron chi connectivity index (χ4n) is 3.85. The highest BCUT2D eigenvalue weighted by molar-refractivity contribution is 6.03. The molecule has 7 nitrogen and oxygen atoms in total. The zero-order chi connectivity index (χ0) is 21.3. The third-order valence-electron chi connectivity index (χ3n) is 5.12. The lowest BCUT2D eigenvalue weighted by Gasteiger charge is -2.37. The van der Waals surface area contributed by atoms with Crippen molar-refractivity contribution in [1.82, 2.24) is 0 Å². The molecule has 1 aliphatic carbocycles. The summed E-state index contributed by atoms with van der Waals surface area (Å²) in [6, 6.07) is 6.59. The minimum Gasteiger partial charge on any atom is -0.465 e. The zero-order valence-corrected chi connectivity index (χ0v) is 17.0. The van der Waals surface area contributed by atoms with Gasteiger partial charge in [0, 0.05) is 18.4 Å². The van der Waals surface area contributed by atoms with Crippen LogP contribution in [-0.2, 0) is 23.8 Å². The van der Waals surface area contributed by atoms with Crippen molar-refractivity contribution in [2.75, 3.05) is 13.7 Å². The van der Waals surface area contributed by atoms with E-state index in [2.05, 4.69) is 0 Å². The van der Waals surface area contributed by atoms with Gasteiger partial charge in [0.2, 0.25) is 5.88 Å². The van der Waals surface area contributed by atoms with Crippen molar-refractivity contribution in [3.8, 4) is 0 Å². The lowest BCUT2D eigenvalue weighted by molar-refractivity contribution is -0.136. The first-order chi connectivity index (χ1) is 13.7. The maximum absolute atomic E-state index is 13.0. The molecule has 0 radical (unpaired) electrons. The van der Waals surface area contributed by atoms with E-state index in [0.29, 0.717) is 35.3 Å². The number of carbonyl (C=O) groups is 3. The van der Waals surface area contributed by atoms with Gasteiger partial charge in [-0.05, 0) is 30.0 Å². The van der Waals surface area contributed by atoms with Crippen LogP contribution >= 0.6 is 0 Å². The number of hydrogen-bond acceptors (Lipinski definition) is 7. The van der Waals surface area contributed by atoms with Gasteiger partial charge >= 0.3 is 11.9 Å². The molecule has 29 heavy (non-hydrogen) atoms. The minimum atomic E-state index is -0.717. The van der Waals surface area contributed by atoms with E-state index in [1.54, 1.807) is 31.2 Å². The van der Waals surface area contributed by atoms with Crippen LogP contribution in [0.1, 0.15) is 55.5 Å². The fourth-order valence-corrected chi connectivity index (χ4v) is 3.85. The van der Waals surface area contributed by atoms with Crippen molar-refractivity contribution in [1.29, 1.82) is 0 Å². The van der Waals surface area contributed by atoms with E-state index in [9.17, 15) is 14.4 Å². The van der Waals surface area contributed by atoms with E-state index in [0.717, 1.165) is 0 Å². The SMILES string of the molecule is CCOC(=O)c1ccc([C@H]2C(C(=O)OC)=C(N)OC3=C2C(=O)CC(C)(C)C3)cc1. The Bertz CT molecular complexity index is 923. The van der Waals surface area contributed by atoms with Gasteiger partial charge in [0.15, 0.2) is 5.78 Å². The van der Waals surface area contributed by atoms with Crippen molar-refractivity contribution in [2.24, 2.45) is 11.1 Å². The molecule has 1 aromatic carbocycles. The summed E-state index contributed by atoms with van der Waals surface area (Å²) in [5.74, 6) is -1.50. The quantitative estimate of drug-likeness (QED) is 0.776. The van der Waals surface area contributed by atoms with Crippen molar-refractivity contribution in [3.05, 3.63) is 58.2 Å². The lowest BCUT2D eigenvalue weighted by atomic mass is 9.70. The van der Waals surface area contributed by atoms with Crippen LogP contribution in [0.4, 0.5) is 0 Å². The Kier molecular flexibility index (Phi) is 5.50. The number of ketones is 1. The van der Waals surface area contributed by atoms with Gasteiger partial charge in [-0.3, -0.25) is 4.79 Å². The summed E-state index contributed by atoms with van der Waals surface area (Å²) in [6.07, 6.45) is 0.863. The predicted molar refractivity (Wildman–Crippen MR) is 105 cm³/mol. The van der Waals surface area contributed by atoms with Gasteiger partial charge in [-0.25, -0.2) is 9.59 Å². The molecule has 1 aliphatic heterocycles. The van der Waals surface area contributed by atoms with Gasteiger partial charge in [0.1, 0.15) is 11.3 Å². The molecule has 2 N–H and O–H groups in total. The van der Waals surface area contributed by atoms with Gasteiger partial charge in [-0.15, -0.1) is 0 Å². The normalized spacial score (nSPS) is 20.7. The molecular formula is C22H25NO6. The van der Waals surface area contributed by atoms with Crippen LogP contribution < -0.4 is 5.73 Å². The first-order valence-corrected chi connectivity index (χ1v) is 9.47. The van der Waals surface area contributed by atoms with Crippen LogP contribution in [-0.4, -0.2) is 31.4 Å². The summed E-state index contributed by atoms with van der Waals surface area (Å²) in [6.45, 7) is 5.97. The maximum atomic E-state index is 13.0. The average Bonchev–Trinajstić information content (AvgIpc) is 2.65. The van der Waals surface area contributed by atoms with E-state index in [4.69, 9.17) is 19.9 Å². The number of Topliss-reactive ketones (excluding diaryl/α,β-unsaturated/α-hetero) is 1. The summed E-state index contributed by atoms with van der Waals surface area (Å²) in [7, 11) is 1.25. The van der Waals surface area contributed by atoms with Crippen LogP contribution in [0.2, 0.25) is 0 Å². The lowest BCUT2D eigenvalue weighted by Crippen LogP contribution is -2.35. The number of benzene rings is 1. The third-order valence-corrected chi connectivity index (χ3v) is 5.12. The van der Waals surface area contributed by atoms with Crippen molar-refractivity contribution in [3.63, 3.8) is 0 Å². The predicted octanol–water partition coefficient (Wildman–Crippen LogP) is 2.96. The number of ether oxygens (including phenoxy) is 3. The molecule has 0 amide bonds. The summed E-state index contributed by atoms with van der Waals surface area (Å²) >= 11 is 0. The highest BCUT2D eigenvalue weighted by atomic mass is 16.5. The maximum Gasteiger partial charge on any atom is 0.340 e. The molecule has 2 aliphatic rings. The Morgan fingerprint density at radius 2 is 1.83 bits per heavy atom. The molecule has 1 aromatic rings. The van der Waals surface area contributed by atoms with Gasteiger partial charge < -0.3 is 19.9 Å². The second-order valence-electron chi connectivity index (χ2n) is 7.92. The Balaban J connectivity index is 2.11. The second kappa shape index (κ2) is 7.73. The third kappa shape index (κ3) is 3.90. The van der Waals surface area contributed by atoms with Gasteiger partial charge in [-0.2, -0.15) is 0 Å². The van der Waals surface area contributed by atoms with E-state index >= 15 is 0 Å². The average molecular weight is 399 g/mol. The van der Waals surface area contributed by atoms with E-state index in [1.807, 2.05) is 13.8 Å². The van der Waals surface area contributed by atoms with E-state index < -0.39 is 17.9 Å². The second-order valence-corrected chi connectivity index (χ2v) is 7.92. The highest BCUT2D eigenvalue weighted by Gasteiger charge is 2.44. The number of rotatable bonds is 4. The fraction of sp³-hybridized carbons (Fsp3) is 0.409. The van der Waals surface area contributed by atoms with Crippen molar-refractivity contribution in [2.45, 2.75) is 39.5 Å². The minimum absolute atomic E-state index is 0.0689. The largest absolute Gasteiger partial charge is 0.465 e. The Hall–Kier alpha value is -3.09. The Morgan fingerprint density at radius 1 is 1.17 bits per heavy atom. The summed E-state index contributed by atoms with van der Waals surface area (Å²) in [4.78, 5) is 37.5. The molecule has 0 spiro atoms. The zero-order valence-electron chi connectivity index (χ0n) is 17.0. The van der Waals surface area contributed by atoms with Crippen LogP contribution in [0.25, 0.3) is 0 Å². The van der Waals surface area contributed by atoms with Crippen LogP contribution in [0.15, 0.2) is 47.1 Å². The molecule has 0 fully saturated rings. The number of methoxy groups -OCH3 is 1. The smallest absolute Gasteiger partial charge is 0.340 e. The van der Waals surface area contributed by atoms with Crippen LogP contribution in [0.3, 0.4) is 0 Å². The number of hydrogen-bond donors (Lipinski definition) is 1. The van der Waals surface area contributed by atoms with E-state index in [1.165, 1.54) is 7.11 Å². The molecule has 3 rings (SSSR count). The monoisotopic (exact) mass is 399 g/mol. The number of nitrogens with two attached hydrogens (primary N) is 1. The molecule has 7 heteroatoms. The molecule has 1 heterocycles. The van der Waals surface area contributed by atoms with Crippen LogP contribution in [0, 0.1) is 5.41 Å². The molecule has 0 saturated heterocycles. The topological polar surface area (TPSA) is 105 Å². The van der Waals surface area contributed by atoms with Crippen molar-refractivity contribution >= 4 is 17.7 Å². The summed E-state index contributed by atoms with van der Waals surface area (Å²) < 4.78 is 15.6. The Morgan fingerprint density at radius 3 is 2.41 bits per heavy atom. The van der Waals surface area contributed by atoms with Crippen LogP contribution in [0.5, 0.6) is 0 Å². The molecular weight excluding hydrogens is 374 g/mol. The first-order valence-electron chi connectivity index (χ1n) is 9.47. The molecule has 154 valence electrons. The molecule has 1 atom stereocenters.